The summed E-state index contributed by atoms with van der Waals surface area (Å²) in [4.78, 5) is 40.2. The van der Waals surface area contributed by atoms with Crippen molar-refractivity contribution >= 4 is 55.8 Å². The molecule has 0 spiro atoms. The Balaban J connectivity index is 1.44. The van der Waals surface area contributed by atoms with E-state index in [1.165, 1.54) is 0 Å². The number of aryl methyl sites for hydroxylation is 1. The van der Waals surface area contributed by atoms with Gasteiger partial charge in [0.05, 0.1) is 11.4 Å². The van der Waals surface area contributed by atoms with Crippen LogP contribution in [0.15, 0.2) is 83.3 Å². The number of carbonyl (C=O) groups excluding carboxylic acids is 3. The maximum atomic E-state index is 13.2. The number of imide groups is 1. The van der Waals surface area contributed by atoms with Crippen LogP contribution in [0.5, 0.6) is 0 Å². The first-order chi connectivity index (χ1) is 15.4. The minimum absolute atomic E-state index is 0.285. The molecule has 4 aromatic carbocycles. The molecule has 32 heavy (non-hydrogen) atoms. The van der Waals surface area contributed by atoms with Crippen LogP contribution in [0.25, 0.3) is 10.8 Å². The molecule has 0 radical (unpaired) electrons. The van der Waals surface area contributed by atoms with Crippen LogP contribution >= 0.6 is 15.9 Å². The van der Waals surface area contributed by atoms with Gasteiger partial charge in [0, 0.05) is 26.5 Å². The van der Waals surface area contributed by atoms with E-state index in [0.29, 0.717) is 33.5 Å². The fraction of sp³-hybridized carbons (Fsp3) is 0.0385. The summed E-state index contributed by atoms with van der Waals surface area (Å²) in [5.41, 5.74) is 3.55. The minimum Gasteiger partial charge on any atom is -0.321 e. The normalized spacial score (nSPS) is 12.9. The molecule has 0 saturated heterocycles. The second-order valence-corrected chi connectivity index (χ2v) is 8.49. The molecule has 0 aromatic heterocycles. The Kier molecular flexibility index (Phi) is 4.87. The summed E-state index contributed by atoms with van der Waals surface area (Å²) in [6.07, 6.45) is 0. The number of anilines is 2. The number of nitrogens with zero attached hydrogens (tertiary/aromatic N) is 1. The highest BCUT2D eigenvalue weighted by Crippen LogP contribution is 2.33. The Morgan fingerprint density at radius 2 is 1.47 bits per heavy atom. The standard InChI is InChI=1S/C26H17BrN2O3/c1-15-8-13-22(21(27)14-15)28-24(30)17-9-11-18(12-10-17)29-25(31)19-6-2-4-16-5-3-7-20(23(16)19)26(29)32/h2-14H,1H3,(H,28,30). The second kappa shape index (κ2) is 7.73. The van der Waals surface area contributed by atoms with Gasteiger partial charge in [-0.15, -0.1) is 0 Å². The van der Waals surface area contributed by atoms with Crippen LogP contribution in [0.2, 0.25) is 0 Å². The van der Waals surface area contributed by atoms with Crippen LogP contribution in [0.3, 0.4) is 0 Å². The van der Waals surface area contributed by atoms with Gasteiger partial charge in [0.25, 0.3) is 17.7 Å². The lowest BCUT2D eigenvalue weighted by Crippen LogP contribution is -2.40. The van der Waals surface area contributed by atoms with Gasteiger partial charge < -0.3 is 5.32 Å². The van der Waals surface area contributed by atoms with E-state index in [-0.39, 0.29) is 17.7 Å². The first-order valence-corrected chi connectivity index (χ1v) is 10.8. The van der Waals surface area contributed by atoms with Gasteiger partial charge in [-0.25, -0.2) is 4.90 Å². The molecule has 0 bridgehead atoms. The minimum atomic E-state index is -0.375. The number of carbonyl (C=O) groups is 3. The average Bonchev–Trinajstić information content (AvgIpc) is 2.79. The zero-order chi connectivity index (χ0) is 22.4. The van der Waals surface area contributed by atoms with Gasteiger partial charge in [-0.05, 0) is 82.3 Å². The van der Waals surface area contributed by atoms with Crippen LogP contribution in [0, 0.1) is 6.92 Å². The van der Waals surface area contributed by atoms with Crippen molar-refractivity contribution < 1.29 is 14.4 Å². The molecule has 6 heteroatoms. The molecular formula is C26H17BrN2O3. The largest absolute Gasteiger partial charge is 0.321 e. The molecular weight excluding hydrogens is 468 g/mol. The molecule has 0 aliphatic carbocycles. The van der Waals surface area contributed by atoms with Crippen molar-refractivity contribution in [3.05, 3.63) is 106 Å². The predicted octanol–water partition coefficient (Wildman–Crippen LogP) is 5.96. The van der Waals surface area contributed by atoms with Gasteiger partial charge in [0.2, 0.25) is 0 Å². The summed E-state index contributed by atoms with van der Waals surface area (Å²) >= 11 is 3.45. The number of amides is 3. The molecule has 0 fully saturated rings. The van der Waals surface area contributed by atoms with E-state index < -0.39 is 0 Å². The lowest BCUT2D eigenvalue weighted by molar-refractivity contribution is 0.0893. The number of halogens is 1. The van der Waals surface area contributed by atoms with E-state index in [1.54, 1.807) is 36.4 Å². The van der Waals surface area contributed by atoms with Crippen LogP contribution in [0.1, 0.15) is 36.6 Å². The Morgan fingerprint density at radius 1 is 0.844 bits per heavy atom. The number of hydrogen-bond acceptors (Lipinski definition) is 3. The first kappa shape index (κ1) is 20.2. The van der Waals surface area contributed by atoms with Crippen molar-refractivity contribution in [1.29, 1.82) is 0 Å². The molecule has 5 rings (SSSR count). The molecule has 0 saturated carbocycles. The fourth-order valence-corrected chi connectivity index (χ4v) is 4.54. The molecule has 5 nitrogen and oxygen atoms in total. The Labute approximate surface area is 192 Å². The van der Waals surface area contributed by atoms with Gasteiger partial charge in [-0.2, -0.15) is 0 Å². The Bertz CT molecular complexity index is 1380. The lowest BCUT2D eigenvalue weighted by atomic mass is 9.93. The Morgan fingerprint density at radius 3 is 2.06 bits per heavy atom. The smallest absolute Gasteiger partial charge is 0.265 e. The maximum absolute atomic E-state index is 13.2. The number of rotatable bonds is 3. The molecule has 1 aliphatic heterocycles. The van der Waals surface area contributed by atoms with Crippen molar-refractivity contribution in [1.82, 2.24) is 0 Å². The van der Waals surface area contributed by atoms with E-state index in [1.807, 2.05) is 49.4 Å². The summed E-state index contributed by atoms with van der Waals surface area (Å²) in [6.45, 7) is 1.97. The summed E-state index contributed by atoms with van der Waals surface area (Å²) in [7, 11) is 0. The third-order valence-corrected chi connectivity index (χ3v) is 6.19. The van der Waals surface area contributed by atoms with E-state index in [2.05, 4.69) is 21.2 Å². The van der Waals surface area contributed by atoms with Crippen molar-refractivity contribution in [2.45, 2.75) is 6.92 Å². The molecule has 156 valence electrons. The van der Waals surface area contributed by atoms with E-state index in [9.17, 15) is 14.4 Å². The van der Waals surface area contributed by atoms with Gasteiger partial charge in [0.15, 0.2) is 0 Å². The van der Waals surface area contributed by atoms with Crippen molar-refractivity contribution in [3.8, 4) is 0 Å². The molecule has 0 atom stereocenters. The van der Waals surface area contributed by atoms with Crippen molar-refractivity contribution in [2.24, 2.45) is 0 Å². The third-order valence-electron chi connectivity index (χ3n) is 5.53. The second-order valence-electron chi connectivity index (χ2n) is 7.64. The quantitative estimate of drug-likeness (QED) is 0.364. The topological polar surface area (TPSA) is 66.5 Å². The molecule has 1 N–H and O–H groups in total. The average molecular weight is 485 g/mol. The molecule has 1 heterocycles. The zero-order valence-electron chi connectivity index (χ0n) is 17.1. The number of hydrogen-bond donors (Lipinski definition) is 1. The third kappa shape index (κ3) is 3.29. The van der Waals surface area contributed by atoms with Gasteiger partial charge in [-0.3, -0.25) is 14.4 Å². The fourth-order valence-electron chi connectivity index (χ4n) is 3.94. The van der Waals surface area contributed by atoms with Gasteiger partial charge in [0.1, 0.15) is 0 Å². The van der Waals surface area contributed by atoms with E-state index >= 15 is 0 Å². The van der Waals surface area contributed by atoms with Crippen LogP contribution in [-0.4, -0.2) is 17.7 Å². The van der Waals surface area contributed by atoms with E-state index in [0.717, 1.165) is 20.3 Å². The van der Waals surface area contributed by atoms with Crippen LogP contribution in [0.4, 0.5) is 11.4 Å². The van der Waals surface area contributed by atoms with Crippen molar-refractivity contribution in [3.63, 3.8) is 0 Å². The first-order valence-electron chi connectivity index (χ1n) is 10.0. The van der Waals surface area contributed by atoms with Crippen LogP contribution < -0.4 is 10.2 Å². The van der Waals surface area contributed by atoms with E-state index in [4.69, 9.17) is 0 Å². The summed E-state index contributed by atoms with van der Waals surface area (Å²) in [5.74, 6) is -1.03. The summed E-state index contributed by atoms with van der Waals surface area (Å²) < 4.78 is 0.792. The number of benzene rings is 4. The Hall–Kier alpha value is -3.77. The molecule has 3 amide bonds. The monoisotopic (exact) mass is 484 g/mol. The van der Waals surface area contributed by atoms with Gasteiger partial charge >= 0.3 is 0 Å². The SMILES string of the molecule is Cc1ccc(NC(=O)c2ccc(N3C(=O)c4cccc5cccc(c45)C3=O)cc2)c(Br)c1. The lowest BCUT2D eigenvalue weighted by Gasteiger charge is -2.27. The predicted molar refractivity (Wildman–Crippen MR) is 128 cm³/mol. The molecule has 0 unspecified atom stereocenters. The number of nitrogens with one attached hydrogen (secondary N) is 1. The summed E-state index contributed by atoms with van der Waals surface area (Å²) in [6, 6.07) is 23.0. The highest BCUT2D eigenvalue weighted by Gasteiger charge is 2.33. The van der Waals surface area contributed by atoms with Gasteiger partial charge in [-0.1, -0.05) is 30.3 Å². The van der Waals surface area contributed by atoms with Crippen molar-refractivity contribution in [2.75, 3.05) is 10.2 Å². The highest BCUT2D eigenvalue weighted by atomic mass is 79.9. The van der Waals surface area contributed by atoms with Crippen LogP contribution in [-0.2, 0) is 0 Å². The molecule has 4 aromatic rings. The maximum Gasteiger partial charge on any atom is 0.265 e. The summed E-state index contributed by atoms with van der Waals surface area (Å²) in [5, 5.41) is 4.40. The zero-order valence-corrected chi connectivity index (χ0v) is 18.6. The highest BCUT2D eigenvalue weighted by molar-refractivity contribution is 9.10. The molecule has 1 aliphatic rings.